The lowest BCUT2D eigenvalue weighted by Crippen LogP contribution is -2.61. The van der Waals surface area contributed by atoms with E-state index in [1.54, 1.807) is 18.7 Å². The highest BCUT2D eigenvalue weighted by molar-refractivity contribution is 5.86. The van der Waals surface area contributed by atoms with E-state index in [0.717, 1.165) is 13.1 Å². The van der Waals surface area contributed by atoms with Crippen LogP contribution in [0.1, 0.15) is 40.5 Å². The van der Waals surface area contributed by atoms with Gasteiger partial charge in [-0.25, -0.2) is 9.59 Å². The molecule has 6 heteroatoms. The lowest BCUT2D eigenvalue weighted by molar-refractivity contribution is -0.144. The van der Waals surface area contributed by atoms with Crippen LogP contribution in [0.25, 0.3) is 0 Å². The van der Waals surface area contributed by atoms with Crippen molar-refractivity contribution < 1.29 is 14.7 Å². The second-order valence-corrected chi connectivity index (χ2v) is 5.45. The van der Waals surface area contributed by atoms with Crippen molar-refractivity contribution in [2.75, 3.05) is 26.2 Å². The van der Waals surface area contributed by atoms with Crippen molar-refractivity contribution in [2.45, 2.75) is 52.1 Å². The second kappa shape index (κ2) is 6.92. The molecule has 0 radical (unpaired) electrons. The van der Waals surface area contributed by atoms with Crippen molar-refractivity contribution in [3.05, 3.63) is 0 Å². The quantitative estimate of drug-likeness (QED) is 0.800. The monoisotopic (exact) mass is 285 g/mol. The zero-order chi connectivity index (χ0) is 15.3. The molecule has 116 valence electrons. The van der Waals surface area contributed by atoms with Gasteiger partial charge in [0.1, 0.15) is 5.54 Å². The largest absolute Gasteiger partial charge is 0.480 e. The number of nitrogens with zero attached hydrogens (tertiary/aromatic N) is 2. The summed E-state index contributed by atoms with van der Waals surface area (Å²) >= 11 is 0. The van der Waals surface area contributed by atoms with Gasteiger partial charge in [0.15, 0.2) is 0 Å². The lowest BCUT2D eigenvalue weighted by Gasteiger charge is -2.40. The minimum atomic E-state index is -1.15. The molecular weight excluding hydrogens is 258 g/mol. The Balaban J connectivity index is 2.69. The van der Waals surface area contributed by atoms with Crippen LogP contribution >= 0.6 is 0 Å². The van der Waals surface area contributed by atoms with Crippen LogP contribution in [-0.2, 0) is 4.79 Å². The van der Waals surface area contributed by atoms with Gasteiger partial charge in [-0.1, -0.05) is 20.8 Å². The Hall–Kier alpha value is -1.30. The van der Waals surface area contributed by atoms with E-state index < -0.39 is 11.5 Å². The van der Waals surface area contributed by atoms with Crippen molar-refractivity contribution in [1.82, 2.24) is 15.1 Å². The Morgan fingerprint density at radius 1 is 1.25 bits per heavy atom. The molecule has 1 unspecified atom stereocenters. The first-order valence-electron chi connectivity index (χ1n) is 7.44. The van der Waals surface area contributed by atoms with E-state index in [2.05, 4.69) is 24.1 Å². The van der Waals surface area contributed by atoms with Crippen molar-refractivity contribution in [3.63, 3.8) is 0 Å². The Morgan fingerprint density at radius 3 is 2.25 bits per heavy atom. The summed E-state index contributed by atoms with van der Waals surface area (Å²) in [6.45, 7) is 10.9. The maximum Gasteiger partial charge on any atom is 0.329 e. The summed E-state index contributed by atoms with van der Waals surface area (Å²) in [6, 6.07) is 0.0423. The molecule has 0 saturated carbocycles. The number of hydrogen-bond acceptors (Lipinski definition) is 3. The van der Waals surface area contributed by atoms with E-state index in [1.165, 1.54) is 0 Å². The molecule has 1 aliphatic rings. The molecule has 2 amide bonds. The summed E-state index contributed by atoms with van der Waals surface area (Å²) in [5, 5.41) is 12.1. The highest BCUT2D eigenvalue weighted by Crippen LogP contribution is 2.17. The van der Waals surface area contributed by atoms with Crippen molar-refractivity contribution in [1.29, 1.82) is 0 Å². The van der Waals surface area contributed by atoms with Gasteiger partial charge in [-0.15, -0.1) is 0 Å². The standard InChI is InChI=1S/C14H27N3O3/c1-5-14(6-2,12(18)19)15-13(20)17-9-8-16(7-3)11(4)10-17/h11H,5-10H2,1-4H3,(H,15,20)(H,18,19). The summed E-state index contributed by atoms with van der Waals surface area (Å²) in [5.41, 5.74) is -1.15. The van der Waals surface area contributed by atoms with Crippen LogP contribution < -0.4 is 5.32 Å². The van der Waals surface area contributed by atoms with Crippen LogP contribution in [-0.4, -0.2) is 64.7 Å². The normalized spacial score (nSPS) is 20.8. The number of likely N-dealkylation sites (N-methyl/N-ethyl adjacent to an activating group) is 1. The van der Waals surface area contributed by atoms with Gasteiger partial charge in [0.25, 0.3) is 0 Å². The number of nitrogens with one attached hydrogen (secondary N) is 1. The molecule has 0 aromatic heterocycles. The van der Waals surface area contributed by atoms with Gasteiger partial charge in [0, 0.05) is 25.7 Å². The van der Waals surface area contributed by atoms with Crippen LogP contribution in [0.3, 0.4) is 0 Å². The van der Waals surface area contributed by atoms with E-state index in [9.17, 15) is 14.7 Å². The number of amides is 2. The predicted octanol–water partition coefficient (Wildman–Crippen LogP) is 1.37. The van der Waals surface area contributed by atoms with Crippen LogP contribution in [0.2, 0.25) is 0 Å². The zero-order valence-electron chi connectivity index (χ0n) is 13.0. The molecule has 0 aliphatic carbocycles. The Kier molecular flexibility index (Phi) is 5.80. The fraction of sp³-hybridized carbons (Fsp3) is 0.857. The fourth-order valence-electron chi connectivity index (χ4n) is 2.72. The van der Waals surface area contributed by atoms with Crippen molar-refractivity contribution >= 4 is 12.0 Å². The molecule has 0 spiro atoms. The molecule has 1 rings (SSSR count). The molecule has 1 fully saturated rings. The summed E-state index contributed by atoms with van der Waals surface area (Å²) in [6.07, 6.45) is 0.768. The molecule has 1 saturated heterocycles. The highest BCUT2D eigenvalue weighted by Gasteiger charge is 2.38. The Bertz CT molecular complexity index is 356. The molecule has 6 nitrogen and oxygen atoms in total. The number of urea groups is 1. The van der Waals surface area contributed by atoms with E-state index in [1.807, 2.05) is 0 Å². The fourth-order valence-corrected chi connectivity index (χ4v) is 2.72. The molecule has 1 heterocycles. The number of carboxylic acid groups (broad SMARTS) is 1. The maximum absolute atomic E-state index is 12.3. The minimum absolute atomic E-state index is 0.265. The number of carboxylic acids is 1. The Morgan fingerprint density at radius 2 is 1.85 bits per heavy atom. The van der Waals surface area contributed by atoms with Gasteiger partial charge >= 0.3 is 12.0 Å². The molecule has 2 N–H and O–H groups in total. The van der Waals surface area contributed by atoms with Crippen LogP contribution in [0.4, 0.5) is 4.79 Å². The number of carbonyl (C=O) groups is 2. The topological polar surface area (TPSA) is 72.9 Å². The lowest BCUT2D eigenvalue weighted by atomic mass is 9.93. The van der Waals surface area contributed by atoms with Gasteiger partial charge < -0.3 is 15.3 Å². The molecule has 0 aromatic rings. The molecule has 20 heavy (non-hydrogen) atoms. The maximum atomic E-state index is 12.3. The van der Waals surface area contributed by atoms with Crippen LogP contribution in [0.15, 0.2) is 0 Å². The summed E-state index contributed by atoms with van der Waals surface area (Å²) in [4.78, 5) is 27.8. The third-order valence-electron chi connectivity index (χ3n) is 4.42. The zero-order valence-corrected chi connectivity index (χ0v) is 13.0. The molecule has 0 aromatic carbocycles. The molecular formula is C14H27N3O3. The number of rotatable bonds is 5. The van der Waals surface area contributed by atoms with E-state index in [-0.39, 0.29) is 6.03 Å². The van der Waals surface area contributed by atoms with E-state index >= 15 is 0 Å². The van der Waals surface area contributed by atoms with Gasteiger partial charge in [-0.2, -0.15) is 0 Å². The van der Waals surface area contributed by atoms with Gasteiger partial charge in [0.05, 0.1) is 0 Å². The summed E-state index contributed by atoms with van der Waals surface area (Å²) < 4.78 is 0. The number of hydrogen-bond donors (Lipinski definition) is 2. The average Bonchev–Trinajstić information content (AvgIpc) is 2.44. The minimum Gasteiger partial charge on any atom is -0.480 e. The van der Waals surface area contributed by atoms with Gasteiger partial charge in [0.2, 0.25) is 0 Å². The second-order valence-electron chi connectivity index (χ2n) is 5.45. The average molecular weight is 285 g/mol. The highest BCUT2D eigenvalue weighted by atomic mass is 16.4. The van der Waals surface area contributed by atoms with Crippen molar-refractivity contribution in [2.24, 2.45) is 0 Å². The third-order valence-corrected chi connectivity index (χ3v) is 4.42. The van der Waals surface area contributed by atoms with Crippen LogP contribution in [0, 0.1) is 0 Å². The van der Waals surface area contributed by atoms with E-state index in [0.29, 0.717) is 32.0 Å². The first-order chi connectivity index (χ1) is 9.40. The number of piperazine rings is 1. The van der Waals surface area contributed by atoms with Gasteiger partial charge in [-0.3, -0.25) is 4.90 Å². The predicted molar refractivity (Wildman–Crippen MR) is 77.8 cm³/mol. The number of carbonyl (C=O) groups excluding carboxylic acids is 1. The first kappa shape index (κ1) is 16.8. The van der Waals surface area contributed by atoms with Crippen molar-refractivity contribution in [3.8, 4) is 0 Å². The SMILES string of the molecule is CCN1CCN(C(=O)NC(CC)(CC)C(=O)O)CC1C. The smallest absolute Gasteiger partial charge is 0.329 e. The van der Waals surface area contributed by atoms with Gasteiger partial charge in [-0.05, 0) is 26.3 Å². The molecule has 1 aliphatic heterocycles. The molecule has 1 atom stereocenters. The summed E-state index contributed by atoms with van der Waals surface area (Å²) in [7, 11) is 0. The third kappa shape index (κ3) is 3.42. The van der Waals surface area contributed by atoms with Crippen LogP contribution in [0.5, 0.6) is 0 Å². The Labute approximate surface area is 121 Å². The van der Waals surface area contributed by atoms with E-state index in [4.69, 9.17) is 0 Å². The number of aliphatic carboxylic acids is 1. The molecule has 0 bridgehead atoms. The first-order valence-corrected chi connectivity index (χ1v) is 7.44. The summed E-state index contributed by atoms with van der Waals surface area (Å²) in [5.74, 6) is -0.962.